The summed E-state index contributed by atoms with van der Waals surface area (Å²) in [7, 11) is -1.72. The summed E-state index contributed by atoms with van der Waals surface area (Å²) in [6, 6.07) is 14.6. The van der Waals surface area contributed by atoms with Crippen molar-refractivity contribution < 1.29 is 13.2 Å². The van der Waals surface area contributed by atoms with E-state index in [9.17, 15) is 13.2 Å². The molecule has 4 rings (SSSR count). The maximum Gasteiger partial charge on any atom is 0.246 e. The molecule has 0 bridgehead atoms. The molecule has 0 N–H and O–H groups in total. The van der Waals surface area contributed by atoms with Crippen molar-refractivity contribution >= 4 is 43.6 Å². The van der Waals surface area contributed by atoms with Gasteiger partial charge in [0.1, 0.15) is 5.01 Å². The molecule has 0 radical (unpaired) electrons. The van der Waals surface area contributed by atoms with Crippen LogP contribution in [0.2, 0.25) is 0 Å². The summed E-state index contributed by atoms with van der Waals surface area (Å²) >= 11 is 1.58. The Labute approximate surface area is 193 Å². The molecule has 0 aliphatic carbocycles. The molecule has 2 aromatic carbocycles. The van der Waals surface area contributed by atoms with Crippen molar-refractivity contribution in [2.45, 2.75) is 37.1 Å². The van der Waals surface area contributed by atoms with Crippen LogP contribution in [-0.4, -0.2) is 48.7 Å². The SMILES string of the molecule is CN(Cc1nc2ccccc2s1)C(=O)/C=C/c1ccc(S(=O)(=O)N2CCCCCC2)cc1. The predicted octanol–water partition coefficient (Wildman–Crippen LogP) is 4.53. The fourth-order valence-electron chi connectivity index (χ4n) is 3.75. The average Bonchev–Trinajstić information content (AvgIpc) is 3.00. The minimum Gasteiger partial charge on any atom is -0.335 e. The molecule has 2 heterocycles. The van der Waals surface area contributed by atoms with Crippen LogP contribution in [0.5, 0.6) is 0 Å². The number of amides is 1. The zero-order valence-electron chi connectivity index (χ0n) is 18.1. The monoisotopic (exact) mass is 469 g/mol. The van der Waals surface area contributed by atoms with E-state index < -0.39 is 10.0 Å². The summed E-state index contributed by atoms with van der Waals surface area (Å²) < 4.78 is 28.5. The molecule has 1 fully saturated rings. The Bertz CT molecular complexity index is 1180. The molecule has 1 aliphatic rings. The van der Waals surface area contributed by atoms with Gasteiger partial charge in [0.2, 0.25) is 15.9 Å². The van der Waals surface area contributed by atoms with Gasteiger partial charge in [-0.3, -0.25) is 4.79 Å². The van der Waals surface area contributed by atoms with Crippen molar-refractivity contribution in [3.8, 4) is 0 Å². The number of hydrogen-bond acceptors (Lipinski definition) is 5. The molecular weight excluding hydrogens is 442 g/mol. The largest absolute Gasteiger partial charge is 0.335 e. The molecule has 1 amide bonds. The van der Waals surface area contributed by atoms with E-state index in [1.165, 1.54) is 6.08 Å². The number of sulfonamides is 1. The van der Waals surface area contributed by atoms with Crippen LogP contribution in [-0.2, 0) is 21.4 Å². The lowest BCUT2D eigenvalue weighted by Crippen LogP contribution is -2.31. The van der Waals surface area contributed by atoms with Gasteiger partial charge in [0, 0.05) is 26.2 Å². The van der Waals surface area contributed by atoms with E-state index in [-0.39, 0.29) is 5.91 Å². The molecule has 1 saturated heterocycles. The number of fused-ring (bicyclic) bond motifs is 1. The van der Waals surface area contributed by atoms with Crippen LogP contribution in [0.1, 0.15) is 36.3 Å². The third-order valence-corrected chi connectivity index (χ3v) is 8.52. The lowest BCUT2D eigenvalue weighted by molar-refractivity contribution is -0.125. The quantitative estimate of drug-likeness (QED) is 0.497. The topological polar surface area (TPSA) is 70.6 Å². The fraction of sp³-hybridized carbons (Fsp3) is 0.333. The first-order valence-corrected chi connectivity index (χ1v) is 13.1. The van der Waals surface area contributed by atoms with E-state index in [1.54, 1.807) is 57.9 Å². The molecule has 0 saturated carbocycles. The summed E-state index contributed by atoms with van der Waals surface area (Å²) in [6.45, 7) is 1.61. The van der Waals surface area contributed by atoms with Crippen molar-refractivity contribution in [3.05, 3.63) is 65.2 Å². The first-order chi connectivity index (χ1) is 15.4. The highest BCUT2D eigenvalue weighted by Gasteiger charge is 2.24. The molecule has 168 valence electrons. The van der Waals surface area contributed by atoms with Gasteiger partial charge in [-0.15, -0.1) is 11.3 Å². The second kappa shape index (κ2) is 9.94. The van der Waals surface area contributed by atoms with E-state index in [1.807, 2.05) is 24.3 Å². The highest BCUT2D eigenvalue weighted by Crippen LogP contribution is 2.23. The first-order valence-electron chi connectivity index (χ1n) is 10.8. The number of thiazole rings is 1. The second-order valence-electron chi connectivity index (χ2n) is 7.99. The Morgan fingerprint density at radius 2 is 1.75 bits per heavy atom. The summed E-state index contributed by atoms with van der Waals surface area (Å²) in [5.41, 5.74) is 1.72. The van der Waals surface area contributed by atoms with E-state index >= 15 is 0 Å². The van der Waals surface area contributed by atoms with Crippen LogP contribution in [0, 0.1) is 0 Å². The van der Waals surface area contributed by atoms with Crippen LogP contribution in [0.4, 0.5) is 0 Å². The molecule has 0 unspecified atom stereocenters. The van der Waals surface area contributed by atoms with E-state index in [0.717, 1.165) is 46.5 Å². The Morgan fingerprint density at radius 3 is 2.44 bits per heavy atom. The van der Waals surface area contributed by atoms with Crippen molar-refractivity contribution in [3.63, 3.8) is 0 Å². The Balaban J connectivity index is 1.38. The van der Waals surface area contributed by atoms with Crippen LogP contribution >= 0.6 is 11.3 Å². The summed E-state index contributed by atoms with van der Waals surface area (Å²) in [6.07, 6.45) is 7.19. The summed E-state index contributed by atoms with van der Waals surface area (Å²) in [4.78, 5) is 19.0. The summed E-state index contributed by atoms with van der Waals surface area (Å²) in [5, 5.41) is 0.888. The fourth-order valence-corrected chi connectivity index (χ4v) is 6.28. The number of carbonyl (C=O) groups excluding carboxylic acids is 1. The number of aromatic nitrogens is 1. The number of likely N-dealkylation sites (N-methyl/N-ethyl adjacent to an activating group) is 1. The maximum absolute atomic E-state index is 12.9. The van der Waals surface area contributed by atoms with E-state index in [2.05, 4.69) is 4.98 Å². The normalized spacial score (nSPS) is 15.8. The van der Waals surface area contributed by atoms with Crippen molar-refractivity contribution in [1.82, 2.24) is 14.2 Å². The average molecular weight is 470 g/mol. The van der Waals surface area contributed by atoms with Crippen molar-refractivity contribution in [2.24, 2.45) is 0 Å². The van der Waals surface area contributed by atoms with Crippen LogP contribution in [0.15, 0.2) is 59.5 Å². The number of rotatable bonds is 6. The van der Waals surface area contributed by atoms with Crippen molar-refractivity contribution in [1.29, 1.82) is 0 Å². The smallest absolute Gasteiger partial charge is 0.246 e. The molecule has 0 atom stereocenters. The molecule has 8 heteroatoms. The number of benzene rings is 2. The van der Waals surface area contributed by atoms with Gasteiger partial charge >= 0.3 is 0 Å². The molecule has 1 aliphatic heterocycles. The minimum absolute atomic E-state index is 0.134. The van der Waals surface area contributed by atoms with Gasteiger partial charge in [-0.25, -0.2) is 13.4 Å². The number of nitrogens with zero attached hydrogens (tertiary/aromatic N) is 3. The number of para-hydroxylation sites is 1. The second-order valence-corrected chi connectivity index (χ2v) is 11.0. The summed E-state index contributed by atoms with van der Waals surface area (Å²) in [5.74, 6) is -0.134. The zero-order chi connectivity index (χ0) is 22.6. The van der Waals surface area contributed by atoms with Gasteiger partial charge < -0.3 is 4.90 Å². The Morgan fingerprint density at radius 1 is 1.06 bits per heavy atom. The molecule has 6 nitrogen and oxygen atoms in total. The third-order valence-electron chi connectivity index (χ3n) is 5.59. The van der Waals surface area contributed by atoms with Crippen LogP contribution < -0.4 is 0 Å². The van der Waals surface area contributed by atoms with Crippen LogP contribution in [0.25, 0.3) is 16.3 Å². The van der Waals surface area contributed by atoms with E-state index in [4.69, 9.17) is 0 Å². The van der Waals surface area contributed by atoms with Gasteiger partial charge in [-0.1, -0.05) is 37.1 Å². The highest BCUT2D eigenvalue weighted by atomic mass is 32.2. The van der Waals surface area contributed by atoms with E-state index in [0.29, 0.717) is 24.5 Å². The molecule has 3 aromatic rings. The maximum atomic E-state index is 12.9. The van der Waals surface area contributed by atoms with Crippen molar-refractivity contribution in [2.75, 3.05) is 20.1 Å². The minimum atomic E-state index is -3.46. The predicted molar refractivity (Wildman–Crippen MR) is 129 cm³/mol. The first kappa shape index (κ1) is 22.6. The van der Waals surface area contributed by atoms with Gasteiger partial charge in [-0.05, 0) is 48.7 Å². The molecule has 32 heavy (non-hydrogen) atoms. The molecular formula is C24H27N3O3S2. The lowest BCUT2D eigenvalue weighted by atomic mass is 10.2. The van der Waals surface area contributed by atoms with Gasteiger partial charge in [0.05, 0.1) is 21.7 Å². The molecule has 1 aromatic heterocycles. The Hall–Kier alpha value is -2.55. The zero-order valence-corrected chi connectivity index (χ0v) is 19.7. The van der Waals surface area contributed by atoms with Crippen LogP contribution in [0.3, 0.4) is 0 Å². The number of carbonyl (C=O) groups is 1. The third kappa shape index (κ3) is 5.26. The van der Waals surface area contributed by atoms with Gasteiger partial charge in [-0.2, -0.15) is 4.31 Å². The molecule has 0 spiro atoms. The standard InChI is InChI=1S/C24H27N3O3S2/c1-26(18-23-25-21-8-4-5-9-22(21)31-23)24(28)15-12-19-10-13-20(14-11-19)32(29,30)27-16-6-2-3-7-17-27/h4-5,8-15H,2-3,6-7,16-18H2,1H3/b15-12+. The lowest BCUT2D eigenvalue weighted by Gasteiger charge is -2.19. The van der Waals surface area contributed by atoms with Gasteiger partial charge in [0.25, 0.3) is 0 Å². The highest BCUT2D eigenvalue weighted by molar-refractivity contribution is 7.89. The van der Waals surface area contributed by atoms with Gasteiger partial charge in [0.15, 0.2) is 0 Å². The Kier molecular flexibility index (Phi) is 7.03. The number of hydrogen-bond donors (Lipinski definition) is 0.